The maximum absolute atomic E-state index is 11.0. The SMILES string of the molecule is CC(=O)c1ccc2sc(Cl)nc2c1. The second kappa shape index (κ2) is 3.09. The topological polar surface area (TPSA) is 30.0 Å². The fraction of sp³-hybridized carbons (Fsp3) is 0.111. The first-order valence-electron chi connectivity index (χ1n) is 3.74. The summed E-state index contributed by atoms with van der Waals surface area (Å²) < 4.78 is 1.52. The van der Waals surface area contributed by atoms with Gasteiger partial charge in [-0.25, -0.2) is 4.98 Å². The van der Waals surface area contributed by atoms with E-state index in [-0.39, 0.29) is 5.78 Å². The number of aromatic nitrogens is 1. The molecule has 0 saturated heterocycles. The van der Waals surface area contributed by atoms with Crippen molar-refractivity contribution in [3.8, 4) is 0 Å². The van der Waals surface area contributed by atoms with Gasteiger partial charge in [0.1, 0.15) is 0 Å². The van der Waals surface area contributed by atoms with Crippen LogP contribution in [0.4, 0.5) is 0 Å². The summed E-state index contributed by atoms with van der Waals surface area (Å²) in [5.74, 6) is 0.0472. The molecule has 0 N–H and O–H groups in total. The van der Waals surface area contributed by atoms with Crippen LogP contribution in [-0.4, -0.2) is 10.8 Å². The molecule has 0 aliphatic rings. The van der Waals surface area contributed by atoms with E-state index in [1.165, 1.54) is 18.3 Å². The standard InChI is InChI=1S/C9H6ClNOS/c1-5(12)6-2-3-8-7(4-6)11-9(10)13-8/h2-4H,1H3. The molecule has 0 fully saturated rings. The van der Waals surface area contributed by atoms with Crippen LogP contribution >= 0.6 is 22.9 Å². The molecule has 0 aliphatic carbocycles. The summed E-state index contributed by atoms with van der Waals surface area (Å²) in [7, 11) is 0. The second-order valence-corrected chi connectivity index (χ2v) is 4.32. The number of ketones is 1. The summed E-state index contributed by atoms with van der Waals surface area (Å²) >= 11 is 7.15. The lowest BCUT2D eigenvalue weighted by atomic mass is 10.1. The van der Waals surface area contributed by atoms with Crippen molar-refractivity contribution >= 4 is 38.9 Å². The zero-order valence-electron chi connectivity index (χ0n) is 6.87. The second-order valence-electron chi connectivity index (χ2n) is 2.71. The molecule has 4 heteroatoms. The van der Waals surface area contributed by atoms with Crippen molar-refractivity contribution in [1.82, 2.24) is 4.98 Å². The van der Waals surface area contributed by atoms with Gasteiger partial charge in [-0.3, -0.25) is 4.79 Å². The van der Waals surface area contributed by atoms with Gasteiger partial charge in [0.05, 0.1) is 10.2 Å². The van der Waals surface area contributed by atoms with Crippen LogP contribution in [0.5, 0.6) is 0 Å². The molecule has 0 unspecified atom stereocenters. The van der Waals surface area contributed by atoms with Crippen molar-refractivity contribution in [2.45, 2.75) is 6.92 Å². The summed E-state index contributed by atoms with van der Waals surface area (Å²) in [6.45, 7) is 1.54. The maximum Gasteiger partial charge on any atom is 0.184 e. The van der Waals surface area contributed by atoms with E-state index >= 15 is 0 Å². The van der Waals surface area contributed by atoms with Crippen LogP contribution in [0.15, 0.2) is 18.2 Å². The van der Waals surface area contributed by atoms with Gasteiger partial charge in [-0.15, -0.1) is 11.3 Å². The van der Waals surface area contributed by atoms with Gasteiger partial charge in [0.25, 0.3) is 0 Å². The zero-order chi connectivity index (χ0) is 9.42. The van der Waals surface area contributed by atoms with Crippen LogP contribution in [0, 0.1) is 0 Å². The highest BCUT2D eigenvalue weighted by atomic mass is 35.5. The predicted molar refractivity (Wildman–Crippen MR) is 54.6 cm³/mol. The number of halogens is 1. The van der Waals surface area contributed by atoms with E-state index in [4.69, 9.17) is 11.6 Å². The van der Waals surface area contributed by atoms with Crippen molar-refractivity contribution < 1.29 is 4.79 Å². The number of thiazole rings is 1. The number of hydrogen-bond acceptors (Lipinski definition) is 3. The van der Waals surface area contributed by atoms with Crippen molar-refractivity contribution in [3.05, 3.63) is 28.2 Å². The molecule has 66 valence electrons. The molecular weight excluding hydrogens is 206 g/mol. The lowest BCUT2D eigenvalue weighted by Gasteiger charge is -1.92. The number of benzene rings is 1. The molecule has 0 amide bonds. The minimum Gasteiger partial charge on any atom is -0.295 e. The van der Waals surface area contributed by atoms with Crippen LogP contribution in [0.3, 0.4) is 0 Å². The summed E-state index contributed by atoms with van der Waals surface area (Å²) in [5, 5.41) is 0. The summed E-state index contributed by atoms with van der Waals surface area (Å²) in [6.07, 6.45) is 0. The minimum absolute atomic E-state index is 0.0472. The molecule has 0 spiro atoms. The van der Waals surface area contributed by atoms with Gasteiger partial charge < -0.3 is 0 Å². The Morgan fingerprint density at radius 1 is 1.54 bits per heavy atom. The first-order valence-corrected chi connectivity index (χ1v) is 4.93. The molecule has 0 saturated carbocycles. The number of fused-ring (bicyclic) bond motifs is 1. The van der Waals surface area contributed by atoms with E-state index in [1.807, 2.05) is 6.07 Å². The molecule has 0 atom stereocenters. The van der Waals surface area contributed by atoms with E-state index < -0.39 is 0 Å². The number of nitrogens with zero attached hydrogens (tertiary/aromatic N) is 1. The van der Waals surface area contributed by atoms with Gasteiger partial charge in [0, 0.05) is 5.56 Å². The molecule has 0 aliphatic heterocycles. The summed E-state index contributed by atoms with van der Waals surface area (Å²) in [5.41, 5.74) is 1.47. The Bertz CT molecular complexity index is 477. The monoisotopic (exact) mass is 211 g/mol. The molecule has 2 nitrogen and oxygen atoms in total. The van der Waals surface area contributed by atoms with Gasteiger partial charge in [0.2, 0.25) is 0 Å². The van der Waals surface area contributed by atoms with E-state index in [9.17, 15) is 4.79 Å². The van der Waals surface area contributed by atoms with E-state index in [1.54, 1.807) is 12.1 Å². The van der Waals surface area contributed by atoms with Crippen molar-refractivity contribution in [2.24, 2.45) is 0 Å². The Balaban J connectivity index is 2.67. The predicted octanol–water partition coefficient (Wildman–Crippen LogP) is 3.15. The normalized spacial score (nSPS) is 10.6. The highest BCUT2D eigenvalue weighted by Crippen LogP contribution is 2.26. The highest BCUT2D eigenvalue weighted by molar-refractivity contribution is 7.22. The Kier molecular flexibility index (Phi) is 2.06. The molecule has 2 rings (SSSR count). The first-order chi connectivity index (χ1) is 6.16. The number of carbonyl (C=O) groups is 1. The van der Waals surface area contributed by atoms with Crippen LogP contribution in [0.25, 0.3) is 10.2 Å². The van der Waals surface area contributed by atoms with Gasteiger partial charge in [0.15, 0.2) is 10.3 Å². The molecule has 13 heavy (non-hydrogen) atoms. The first kappa shape index (κ1) is 8.66. The molecule has 1 heterocycles. The number of hydrogen-bond donors (Lipinski definition) is 0. The van der Waals surface area contributed by atoms with Crippen molar-refractivity contribution in [2.75, 3.05) is 0 Å². The quantitative estimate of drug-likeness (QED) is 0.679. The largest absolute Gasteiger partial charge is 0.295 e. The summed E-state index contributed by atoms with van der Waals surface area (Å²) in [4.78, 5) is 15.1. The Labute approximate surface area is 84.2 Å². The third-order valence-electron chi connectivity index (χ3n) is 1.77. The van der Waals surface area contributed by atoms with Crippen molar-refractivity contribution in [3.63, 3.8) is 0 Å². The van der Waals surface area contributed by atoms with Gasteiger partial charge in [-0.1, -0.05) is 11.6 Å². The minimum atomic E-state index is 0.0472. The molecule has 0 bridgehead atoms. The number of rotatable bonds is 1. The Morgan fingerprint density at radius 3 is 3.00 bits per heavy atom. The Morgan fingerprint density at radius 2 is 2.31 bits per heavy atom. The number of Topliss-reactive ketones (excluding diaryl/α,β-unsaturated/α-hetero) is 1. The fourth-order valence-electron chi connectivity index (χ4n) is 1.12. The van der Waals surface area contributed by atoms with E-state index in [0.29, 0.717) is 10.0 Å². The van der Waals surface area contributed by atoms with Gasteiger partial charge in [-0.2, -0.15) is 0 Å². The van der Waals surface area contributed by atoms with Crippen LogP contribution in [-0.2, 0) is 0 Å². The zero-order valence-corrected chi connectivity index (χ0v) is 8.45. The Hall–Kier alpha value is -0.930. The van der Waals surface area contributed by atoms with Crippen molar-refractivity contribution in [1.29, 1.82) is 0 Å². The smallest absolute Gasteiger partial charge is 0.184 e. The number of carbonyl (C=O) groups excluding carboxylic acids is 1. The van der Waals surface area contributed by atoms with Crippen LogP contribution in [0.1, 0.15) is 17.3 Å². The summed E-state index contributed by atoms with van der Waals surface area (Å²) in [6, 6.07) is 5.43. The van der Waals surface area contributed by atoms with Gasteiger partial charge >= 0.3 is 0 Å². The van der Waals surface area contributed by atoms with Crippen LogP contribution < -0.4 is 0 Å². The van der Waals surface area contributed by atoms with E-state index in [2.05, 4.69) is 4.98 Å². The molecule has 1 aromatic carbocycles. The lowest BCUT2D eigenvalue weighted by molar-refractivity contribution is 0.101. The molecule has 0 radical (unpaired) electrons. The average molecular weight is 212 g/mol. The van der Waals surface area contributed by atoms with Gasteiger partial charge in [-0.05, 0) is 25.1 Å². The van der Waals surface area contributed by atoms with E-state index in [0.717, 1.165) is 10.2 Å². The fourth-order valence-corrected chi connectivity index (χ4v) is 2.13. The maximum atomic E-state index is 11.0. The molecular formula is C9H6ClNOS. The van der Waals surface area contributed by atoms with Crippen LogP contribution in [0.2, 0.25) is 4.47 Å². The molecule has 1 aromatic heterocycles. The highest BCUT2D eigenvalue weighted by Gasteiger charge is 2.04. The molecule has 2 aromatic rings. The third kappa shape index (κ3) is 1.57. The lowest BCUT2D eigenvalue weighted by Crippen LogP contribution is -1.90. The third-order valence-corrected chi connectivity index (χ3v) is 2.91. The average Bonchev–Trinajstić information content (AvgIpc) is 2.42.